The van der Waals surface area contributed by atoms with E-state index in [0.29, 0.717) is 36.8 Å². The van der Waals surface area contributed by atoms with Crippen molar-refractivity contribution in [2.24, 2.45) is 0 Å². The lowest BCUT2D eigenvalue weighted by molar-refractivity contribution is -0.116. The number of anilines is 1. The molecule has 0 fully saturated rings. The number of amides is 1. The summed E-state index contributed by atoms with van der Waals surface area (Å²) in [6.45, 7) is 1.12. The highest BCUT2D eigenvalue weighted by Crippen LogP contribution is 2.39. The lowest BCUT2D eigenvalue weighted by Gasteiger charge is -2.21. The minimum absolute atomic E-state index is 0.0340. The van der Waals surface area contributed by atoms with Gasteiger partial charge in [-0.25, -0.2) is 8.78 Å². The molecule has 0 aliphatic carbocycles. The molecule has 5 nitrogen and oxygen atoms in total. The van der Waals surface area contributed by atoms with Gasteiger partial charge in [0.05, 0.1) is 12.3 Å². The number of halogens is 2. The van der Waals surface area contributed by atoms with Gasteiger partial charge in [-0.1, -0.05) is 0 Å². The van der Waals surface area contributed by atoms with E-state index in [0.717, 1.165) is 17.0 Å². The SMILES string of the molecule is CSc1cc2c(cc1NC(=O)CCCOc1ccc(F)cc1F)OCCO2. The zero-order chi connectivity index (χ0) is 19.2. The average Bonchev–Trinajstić information content (AvgIpc) is 2.66. The largest absolute Gasteiger partial charge is 0.491 e. The number of rotatable bonds is 7. The number of carbonyl (C=O) groups excluding carboxylic acids is 1. The number of benzene rings is 2. The van der Waals surface area contributed by atoms with Crippen molar-refractivity contribution in [1.29, 1.82) is 0 Å². The fourth-order valence-electron chi connectivity index (χ4n) is 2.56. The molecule has 1 heterocycles. The molecule has 2 aromatic rings. The molecule has 0 spiro atoms. The van der Waals surface area contributed by atoms with Crippen LogP contribution in [0.15, 0.2) is 35.2 Å². The summed E-state index contributed by atoms with van der Waals surface area (Å²) in [5.74, 6) is -0.384. The molecule has 0 bridgehead atoms. The van der Waals surface area contributed by atoms with E-state index in [4.69, 9.17) is 14.2 Å². The molecule has 0 radical (unpaired) electrons. The number of hydrogen-bond donors (Lipinski definition) is 1. The van der Waals surface area contributed by atoms with Crippen LogP contribution >= 0.6 is 11.8 Å². The molecule has 2 aromatic carbocycles. The first-order chi connectivity index (χ1) is 13.1. The molecule has 1 aliphatic heterocycles. The minimum atomic E-state index is -0.764. The zero-order valence-electron chi connectivity index (χ0n) is 14.7. The summed E-state index contributed by atoms with van der Waals surface area (Å²) in [5.41, 5.74) is 0.655. The molecule has 144 valence electrons. The van der Waals surface area contributed by atoms with Crippen LogP contribution in [0.2, 0.25) is 0 Å². The van der Waals surface area contributed by atoms with Crippen LogP contribution in [0.4, 0.5) is 14.5 Å². The van der Waals surface area contributed by atoms with Crippen molar-refractivity contribution in [2.75, 3.05) is 31.4 Å². The van der Waals surface area contributed by atoms with Crippen molar-refractivity contribution in [1.82, 2.24) is 0 Å². The molecule has 0 aromatic heterocycles. The molecule has 0 unspecified atom stereocenters. The van der Waals surface area contributed by atoms with Crippen molar-refractivity contribution in [3.63, 3.8) is 0 Å². The zero-order valence-corrected chi connectivity index (χ0v) is 15.5. The Kier molecular flexibility index (Phi) is 6.39. The smallest absolute Gasteiger partial charge is 0.224 e. The van der Waals surface area contributed by atoms with Crippen molar-refractivity contribution < 1.29 is 27.8 Å². The monoisotopic (exact) mass is 395 g/mol. The fraction of sp³-hybridized carbons (Fsp3) is 0.316. The third-order valence-electron chi connectivity index (χ3n) is 3.84. The van der Waals surface area contributed by atoms with E-state index in [-0.39, 0.29) is 24.7 Å². The maximum absolute atomic E-state index is 13.5. The highest BCUT2D eigenvalue weighted by atomic mass is 32.2. The predicted molar refractivity (Wildman–Crippen MR) is 98.9 cm³/mol. The summed E-state index contributed by atoms with van der Waals surface area (Å²) in [5, 5.41) is 2.85. The standard InChI is InChI=1S/C19H19F2NO4S/c1-27-18-11-17-16(25-7-8-26-17)10-14(18)22-19(23)3-2-6-24-15-5-4-12(20)9-13(15)21/h4-5,9-11H,2-3,6-8H2,1H3,(H,22,23). The van der Waals surface area contributed by atoms with Crippen LogP contribution < -0.4 is 19.5 Å². The Morgan fingerprint density at radius 3 is 2.63 bits per heavy atom. The molecular formula is C19H19F2NO4S. The minimum Gasteiger partial charge on any atom is -0.491 e. The van der Waals surface area contributed by atoms with Crippen LogP contribution in [-0.2, 0) is 4.79 Å². The Morgan fingerprint density at radius 1 is 1.19 bits per heavy atom. The summed E-state index contributed by atoms with van der Waals surface area (Å²) in [7, 11) is 0. The number of hydrogen-bond acceptors (Lipinski definition) is 5. The van der Waals surface area contributed by atoms with Crippen LogP contribution in [0.1, 0.15) is 12.8 Å². The van der Waals surface area contributed by atoms with Gasteiger partial charge in [0.15, 0.2) is 23.1 Å². The van der Waals surface area contributed by atoms with Crippen LogP contribution in [0.5, 0.6) is 17.2 Å². The number of thioether (sulfide) groups is 1. The summed E-state index contributed by atoms with van der Waals surface area (Å²) in [6, 6.07) is 6.70. The summed E-state index contributed by atoms with van der Waals surface area (Å²) >= 11 is 1.49. The van der Waals surface area contributed by atoms with E-state index >= 15 is 0 Å². The van der Waals surface area contributed by atoms with Gasteiger partial charge in [0, 0.05) is 23.4 Å². The number of ether oxygens (including phenoxy) is 3. The van der Waals surface area contributed by atoms with E-state index in [1.54, 1.807) is 6.07 Å². The molecule has 3 rings (SSSR count). The van der Waals surface area contributed by atoms with Gasteiger partial charge in [0.2, 0.25) is 5.91 Å². The number of nitrogens with one attached hydrogen (secondary N) is 1. The Morgan fingerprint density at radius 2 is 1.93 bits per heavy atom. The Hall–Kier alpha value is -2.48. The first kappa shape index (κ1) is 19.3. The molecule has 8 heteroatoms. The average molecular weight is 395 g/mol. The molecule has 1 amide bonds. The molecule has 0 saturated carbocycles. The van der Waals surface area contributed by atoms with Gasteiger partial charge in [-0.3, -0.25) is 4.79 Å². The van der Waals surface area contributed by atoms with Crippen LogP contribution in [0, 0.1) is 11.6 Å². The van der Waals surface area contributed by atoms with Gasteiger partial charge >= 0.3 is 0 Å². The van der Waals surface area contributed by atoms with E-state index in [9.17, 15) is 13.6 Å². The lowest BCUT2D eigenvalue weighted by Crippen LogP contribution is -2.17. The highest BCUT2D eigenvalue weighted by Gasteiger charge is 2.17. The molecule has 1 N–H and O–H groups in total. The topological polar surface area (TPSA) is 56.8 Å². The quantitative estimate of drug-likeness (QED) is 0.561. The maximum Gasteiger partial charge on any atom is 0.224 e. The summed E-state index contributed by atoms with van der Waals surface area (Å²) < 4.78 is 42.7. The van der Waals surface area contributed by atoms with Gasteiger partial charge in [-0.2, -0.15) is 0 Å². The first-order valence-corrected chi connectivity index (χ1v) is 9.64. The Balaban J connectivity index is 1.52. The molecule has 1 aliphatic rings. The van der Waals surface area contributed by atoms with Crippen LogP contribution in [-0.4, -0.2) is 32.0 Å². The predicted octanol–water partition coefficient (Wildman–Crippen LogP) is 4.26. The van der Waals surface area contributed by atoms with Crippen molar-refractivity contribution in [3.05, 3.63) is 42.0 Å². The normalized spacial score (nSPS) is 12.6. The Labute approximate surface area is 160 Å². The van der Waals surface area contributed by atoms with E-state index in [1.807, 2.05) is 12.3 Å². The van der Waals surface area contributed by atoms with Gasteiger partial charge in [0.1, 0.15) is 19.0 Å². The van der Waals surface area contributed by atoms with E-state index in [2.05, 4.69) is 5.32 Å². The fourth-order valence-corrected chi connectivity index (χ4v) is 3.11. The molecule has 0 atom stereocenters. The molecule has 27 heavy (non-hydrogen) atoms. The van der Waals surface area contributed by atoms with Gasteiger partial charge < -0.3 is 19.5 Å². The van der Waals surface area contributed by atoms with E-state index in [1.165, 1.54) is 17.8 Å². The highest BCUT2D eigenvalue weighted by molar-refractivity contribution is 7.98. The third-order valence-corrected chi connectivity index (χ3v) is 4.62. The van der Waals surface area contributed by atoms with Crippen molar-refractivity contribution >= 4 is 23.4 Å². The molecule has 0 saturated heterocycles. The number of fused-ring (bicyclic) bond motifs is 1. The third kappa shape index (κ3) is 5.03. The first-order valence-electron chi connectivity index (χ1n) is 8.42. The van der Waals surface area contributed by atoms with Crippen LogP contribution in [0.25, 0.3) is 0 Å². The van der Waals surface area contributed by atoms with Crippen molar-refractivity contribution in [3.8, 4) is 17.2 Å². The van der Waals surface area contributed by atoms with Gasteiger partial charge in [-0.05, 0) is 30.9 Å². The second-order valence-electron chi connectivity index (χ2n) is 5.77. The van der Waals surface area contributed by atoms with E-state index < -0.39 is 11.6 Å². The Bertz CT molecular complexity index is 832. The summed E-state index contributed by atoms with van der Waals surface area (Å²) in [6.07, 6.45) is 2.50. The lowest BCUT2D eigenvalue weighted by atomic mass is 10.2. The van der Waals surface area contributed by atoms with Gasteiger partial charge in [0.25, 0.3) is 0 Å². The van der Waals surface area contributed by atoms with Crippen LogP contribution in [0.3, 0.4) is 0 Å². The summed E-state index contributed by atoms with van der Waals surface area (Å²) in [4.78, 5) is 13.1. The van der Waals surface area contributed by atoms with Crippen molar-refractivity contribution in [2.45, 2.75) is 17.7 Å². The second kappa shape index (κ2) is 8.94. The second-order valence-corrected chi connectivity index (χ2v) is 6.62. The molecular weight excluding hydrogens is 376 g/mol. The maximum atomic E-state index is 13.5. The number of carbonyl (C=O) groups is 1. The van der Waals surface area contributed by atoms with Gasteiger partial charge in [-0.15, -0.1) is 11.8 Å².